The van der Waals surface area contributed by atoms with E-state index in [0.29, 0.717) is 6.54 Å². The predicted molar refractivity (Wildman–Crippen MR) is 98.5 cm³/mol. The van der Waals surface area contributed by atoms with Crippen molar-refractivity contribution in [3.63, 3.8) is 0 Å². The quantitative estimate of drug-likeness (QED) is 0.607. The Morgan fingerprint density at radius 3 is 2.92 bits per heavy atom. The van der Waals surface area contributed by atoms with Crippen molar-refractivity contribution < 1.29 is 9.13 Å². The van der Waals surface area contributed by atoms with Crippen LogP contribution in [0.5, 0.6) is 0 Å². The maximum absolute atomic E-state index is 13.5. The van der Waals surface area contributed by atoms with Crippen LogP contribution in [0.25, 0.3) is 0 Å². The summed E-state index contributed by atoms with van der Waals surface area (Å²) in [7, 11) is 2.12. The highest BCUT2D eigenvalue weighted by Crippen LogP contribution is 2.48. The van der Waals surface area contributed by atoms with Gasteiger partial charge in [0.25, 0.3) is 0 Å². The van der Waals surface area contributed by atoms with Gasteiger partial charge in [-0.15, -0.1) is 0 Å². The first-order valence-electron chi connectivity index (χ1n) is 9.20. The largest absolute Gasteiger partial charge is 0.374 e. The van der Waals surface area contributed by atoms with Crippen LogP contribution in [-0.4, -0.2) is 63.3 Å². The molecule has 3 rings (SSSR count). The van der Waals surface area contributed by atoms with Crippen LogP contribution in [0.15, 0.2) is 29.3 Å². The summed E-state index contributed by atoms with van der Waals surface area (Å²) < 4.78 is 19.3. The number of benzene rings is 1. The van der Waals surface area contributed by atoms with Gasteiger partial charge in [-0.1, -0.05) is 12.1 Å². The molecular weight excluding hydrogens is 319 g/mol. The maximum Gasteiger partial charge on any atom is 0.191 e. The van der Waals surface area contributed by atoms with Gasteiger partial charge >= 0.3 is 0 Å². The monoisotopic (exact) mass is 348 g/mol. The van der Waals surface area contributed by atoms with Gasteiger partial charge in [0.05, 0.1) is 19.3 Å². The molecular formula is C19H29FN4O. The normalized spacial score (nSPS) is 23.3. The van der Waals surface area contributed by atoms with Crippen molar-refractivity contribution >= 4 is 5.96 Å². The highest BCUT2D eigenvalue weighted by molar-refractivity contribution is 5.79. The minimum atomic E-state index is -0.170. The third-order valence-electron chi connectivity index (χ3n) is 5.01. The number of morpholine rings is 1. The Balaban J connectivity index is 1.58. The molecule has 0 bridgehead atoms. The smallest absolute Gasteiger partial charge is 0.191 e. The van der Waals surface area contributed by atoms with Crippen molar-refractivity contribution in [3.05, 3.63) is 35.6 Å². The van der Waals surface area contributed by atoms with Gasteiger partial charge in [-0.05, 0) is 44.5 Å². The van der Waals surface area contributed by atoms with E-state index in [9.17, 15) is 4.39 Å². The molecule has 5 nitrogen and oxygen atoms in total. The van der Waals surface area contributed by atoms with Crippen LogP contribution in [0.4, 0.5) is 4.39 Å². The average Bonchev–Trinajstić information content (AvgIpc) is 3.39. The first-order chi connectivity index (χ1) is 12.1. The molecule has 0 amide bonds. The molecule has 1 aliphatic carbocycles. The maximum atomic E-state index is 13.5. The van der Waals surface area contributed by atoms with Gasteiger partial charge in [-0.3, -0.25) is 4.99 Å². The van der Waals surface area contributed by atoms with Gasteiger partial charge < -0.3 is 20.3 Å². The minimum Gasteiger partial charge on any atom is -0.374 e. The second-order valence-electron chi connectivity index (χ2n) is 7.12. The number of rotatable bonds is 6. The lowest BCUT2D eigenvalue weighted by molar-refractivity contribution is -0.0161. The Morgan fingerprint density at radius 1 is 1.40 bits per heavy atom. The van der Waals surface area contributed by atoms with E-state index in [1.807, 2.05) is 6.07 Å². The zero-order valence-corrected chi connectivity index (χ0v) is 15.2. The van der Waals surface area contributed by atoms with Crippen LogP contribution < -0.4 is 10.6 Å². The molecule has 1 saturated heterocycles. The zero-order chi connectivity index (χ0) is 17.7. The lowest BCUT2D eigenvalue weighted by atomic mass is 9.96. The Kier molecular flexibility index (Phi) is 5.91. The molecule has 1 aromatic carbocycles. The third kappa shape index (κ3) is 4.92. The molecule has 0 aromatic heterocycles. The fourth-order valence-corrected chi connectivity index (χ4v) is 3.28. The molecule has 25 heavy (non-hydrogen) atoms. The van der Waals surface area contributed by atoms with Gasteiger partial charge in [-0.25, -0.2) is 4.39 Å². The van der Waals surface area contributed by atoms with E-state index in [0.717, 1.165) is 57.2 Å². The summed E-state index contributed by atoms with van der Waals surface area (Å²) in [5.74, 6) is 0.637. The molecule has 6 heteroatoms. The highest BCUT2D eigenvalue weighted by Gasteiger charge is 2.44. The van der Waals surface area contributed by atoms with E-state index in [4.69, 9.17) is 9.73 Å². The lowest BCUT2D eigenvalue weighted by Gasteiger charge is -2.30. The second-order valence-corrected chi connectivity index (χ2v) is 7.12. The van der Waals surface area contributed by atoms with Crippen LogP contribution in [0.3, 0.4) is 0 Å². The van der Waals surface area contributed by atoms with Crippen LogP contribution in [-0.2, 0) is 10.2 Å². The number of hydrogen-bond acceptors (Lipinski definition) is 3. The number of aliphatic imine (C=N–C) groups is 1. The molecule has 1 unspecified atom stereocenters. The van der Waals surface area contributed by atoms with Crippen LogP contribution >= 0.6 is 0 Å². The van der Waals surface area contributed by atoms with Crippen molar-refractivity contribution in [3.8, 4) is 0 Å². The van der Waals surface area contributed by atoms with E-state index >= 15 is 0 Å². The van der Waals surface area contributed by atoms with E-state index in [1.54, 1.807) is 12.1 Å². The van der Waals surface area contributed by atoms with Crippen molar-refractivity contribution in [2.24, 2.45) is 4.99 Å². The standard InChI is InChI=1S/C19H29FN4O/c1-3-21-18(22-12-17-13-24(2)9-10-25-17)23-14-19(7-8-19)15-5-4-6-16(20)11-15/h4-6,11,17H,3,7-10,12-14H2,1-2H3,(H2,21,22,23). The fourth-order valence-electron chi connectivity index (χ4n) is 3.28. The molecule has 1 saturated carbocycles. The van der Waals surface area contributed by atoms with Gasteiger partial charge in [-0.2, -0.15) is 0 Å². The van der Waals surface area contributed by atoms with E-state index in [2.05, 4.69) is 29.5 Å². The minimum absolute atomic E-state index is 0.00596. The summed E-state index contributed by atoms with van der Waals surface area (Å²) in [4.78, 5) is 7.04. The molecule has 0 spiro atoms. The Hall–Kier alpha value is -1.66. The van der Waals surface area contributed by atoms with Crippen molar-refractivity contribution in [2.45, 2.75) is 31.3 Å². The van der Waals surface area contributed by atoms with E-state index in [1.165, 1.54) is 6.07 Å². The summed E-state index contributed by atoms with van der Waals surface area (Å²) in [6.07, 6.45) is 2.31. The number of ether oxygens (including phenoxy) is 1. The molecule has 2 fully saturated rings. The Labute approximate surface area is 149 Å². The van der Waals surface area contributed by atoms with Crippen molar-refractivity contribution in [1.82, 2.24) is 15.5 Å². The SMILES string of the molecule is CCNC(=NCC1(c2cccc(F)c2)CC1)NCC1CN(C)CCO1. The summed E-state index contributed by atoms with van der Waals surface area (Å²) in [6.45, 7) is 6.98. The number of nitrogens with zero attached hydrogens (tertiary/aromatic N) is 2. The fraction of sp³-hybridized carbons (Fsp3) is 0.632. The zero-order valence-electron chi connectivity index (χ0n) is 15.2. The number of halogens is 1. The van der Waals surface area contributed by atoms with Gasteiger partial charge in [0.2, 0.25) is 0 Å². The number of likely N-dealkylation sites (N-methyl/N-ethyl adjacent to an activating group) is 1. The first-order valence-corrected chi connectivity index (χ1v) is 9.20. The summed E-state index contributed by atoms with van der Waals surface area (Å²) in [5, 5.41) is 6.68. The van der Waals surface area contributed by atoms with E-state index < -0.39 is 0 Å². The van der Waals surface area contributed by atoms with Gasteiger partial charge in [0.15, 0.2) is 5.96 Å². The van der Waals surface area contributed by atoms with Gasteiger partial charge in [0, 0.05) is 31.6 Å². The predicted octanol–water partition coefficient (Wildman–Crippen LogP) is 1.74. The molecule has 2 N–H and O–H groups in total. The van der Waals surface area contributed by atoms with Crippen LogP contribution in [0.2, 0.25) is 0 Å². The second kappa shape index (κ2) is 8.15. The summed E-state index contributed by atoms with van der Waals surface area (Å²) in [6, 6.07) is 6.94. The molecule has 1 atom stereocenters. The summed E-state index contributed by atoms with van der Waals surface area (Å²) >= 11 is 0. The summed E-state index contributed by atoms with van der Waals surface area (Å²) in [5.41, 5.74) is 1.07. The average molecular weight is 348 g/mol. The lowest BCUT2D eigenvalue weighted by Crippen LogP contribution is -2.48. The number of hydrogen-bond donors (Lipinski definition) is 2. The third-order valence-corrected chi connectivity index (χ3v) is 5.01. The molecule has 1 heterocycles. The molecule has 138 valence electrons. The Bertz CT molecular complexity index is 603. The highest BCUT2D eigenvalue weighted by atomic mass is 19.1. The molecule has 1 aromatic rings. The van der Waals surface area contributed by atoms with E-state index in [-0.39, 0.29) is 17.3 Å². The van der Waals surface area contributed by atoms with Crippen LogP contribution in [0.1, 0.15) is 25.3 Å². The Morgan fingerprint density at radius 2 is 2.24 bits per heavy atom. The topological polar surface area (TPSA) is 48.9 Å². The van der Waals surface area contributed by atoms with Crippen molar-refractivity contribution in [2.75, 3.05) is 46.4 Å². The number of guanidine groups is 1. The molecule has 2 aliphatic rings. The van der Waals surface area contributed by atoms with Crippen LogP contribution in [0, 0.1) is 5.82 Å². The molecule has 1 aliphatic heterocycles. The molecule has 0 radical (unpaired) electrons. The van der Waals surface area contributed by atoms with Gasteiger partial charge in [0.1, 0.15) is 5.82 Å². The van der Waals surface area contributed by atoms with Crippen molar-refractivity contribution in [1.29, 1.82) is 0 Å². The number of nitrogens with one attached hydrogen (secondary N) is 2. The first kappa shape index (κ1) is 18.1.